The first kappa shape index (κ1) is 21.5. The fourth-order valence-corrected chi connectivity index (χ4v) is 4.80. The van der Waals surface area contributed by atoms with Crippen molar-refractivity contribution >= 4 is 33.7 Å². The second-order valence-corrected chi connectivity index (χ2v) is 9.13. The van der Waals surface area contributed by atoms with Gasteiger partial charge in [-0.2, -0.15) is 0 Å². The van der Waals surface area contributed by atoms with Gasteiger partial charge in [0.15, 0.2) is 5.69 Å². The third kappa shape index (κ3) is 3.86. The van der Waals surface area contributed by atoms with Crippen LogP contribution in [0.4, 0.5) is 0 Å². The van der Waals surface area contributed by atoms with Crippen LogP contribution in [0.2, 0.25) is 0 Å². The number of amides is 2. The monoisotopic (exact) mass is 488 g/mol. The molecule has 1 saturated carbocycles. The van der Waals surface area contributed by atoms with E-state index in [0.29, 0.717) is 0 Å². The molecule has 2 aromatic rings. The molecule has 1 fully saturated rings. The van der Waals surface area contributed by atoms with E-state index in [1.54, 1.807) is 16.4 Å². The lowest BCUT2D eigenvalue weighted by atomic mass is 9.93. The van der Waals surface area contributed by atoms with Gasteiger partial charge in [0.2, 0.25) is 5.91 Å². The van der Waals surface area contributed by atoms with Crippen LogP contribution in [0.15, 0.2) is 35.1 Å². The maximum Gasteiger partial charge on any atom is 0.359 e. The molecule has 2 aliphatic rings. The SMILES string of the molecule is COC(=O)c1ncn2c1C(=O)N(Cc1ccccc1Br)[C@](C)(C(=O)NC1CCCC1)C2. The standard InChI is InChI=1S/C22H25BrN4O4/c1-22(21(30)25-15-8-4-5-9-15)12-26-13-24-17(20(29)31-2)18(26)19(28)27(22)11-14-7-3-6-10-16(14)23/h3,6-7,10,13,15H,4-5,8-9,11-12H2,1-2H3,(H,25,30)/t22-/m0/s1. The molecular weight excluding hydrogens is 464 g/mol. The molecule has 164 valence electrons. The van der Waals surface area contributed by atoms with Crippen LogP contribution < -0.4 is 5.32 Å². The number of methoxy groups -OCH3 is 1. The molecule has 0 bridgehead atoms. The third-order valence-corrected chi connectivity index (χ3v) is 6.98. The van der Waals surface area contributed by atoms with Gasteiger partial charge in [-0.05, 0) is 31.4 Å². The number of benzene rings is 1. The van der Waals surface area contributed by atoms with Gasteiger partial charge < -0.3 is 19.5 Å². The zero-order chi connectivity index (χ0) is 22.2. The highest BCUT2D eigenvalue weighted by atomic mass is 79.9. The summed E-state index contributed by atoms with van der Waals surface area (Å²) in [4.78, 5) is 45.0. The van der Waals surface area contributed by atoms with Gasteiger partial charge in [0, 0.05) is 17.1 Å². The van der Waals surface area contributed by atoms with Crippen molar-refractivity contribution in [1.82, 2.24) is 19.8 Å². The molecule has 2 heterocycles. The van der Waals surface area contributed by atoms with Gasteiger partial charge in [-0.3, -0.25) is 9.59 Å². The quantitative estimate of drug-likeness (QED) is 0.653. The number of nitrogens with one attached hydrogen (secondary N) is 1. The van der Waals surface area contributed by atoms with Crippen molar-refractivity contribution in [2.24, 2.45) is 0 Å². The predicted molar refractivity (Wildman–Crippen MR) is 116 cm³/mol. The van der Waals surface area contributed by atoms with Crippen molar-refractivity contribution in [3.8, 4) is 0 Å². The average molecular weight is 489 g/mol. The number of ether oxygens (including phenoxy) is 1. The summed E-state index contributed by atoms with van der Waals surface area (Å²) in [7, 11) is 1.25. The maximum atomic E-state index is 13.7. The summed E-state index contributed by atoms with van der Waals surface area (Å²) >= 11 is 3.53. The Morgan fingerprint density at radius 2 is 2.00 bits per heavy atom. The summed E-state index contributed by atoms with van der Waals surface area (Å²) in [5.74, 6) is -1.30. The second-order valence-electron chi connectivity index (χ2n) is 8.27. The fraction of sp³-hybridized carbons (Fsp3) is 0.455. The summed E-state index contributed by atoms with van der Waals surface area (Å²) in [6.45, 7) is 2.18. The highest BCUT2D eigenvalue weighted by Gasteiger charge is 2.49. The third-order valence-electron chi connectivity index (χ3n) is 6.20. The van der Waals surface area contributed by atoms with E-state index in [4.69, 9.17) is 4.74 Å². The summed E-state index contributed by atoms with van der Waals surface area (Å²) in [6.07, 6.45) is 5.51. The van der Waals surface area contributed by atoms with Crippen molar-refractivity contribution in [2.45, 2.75) is 57.3 Å². The highest BCUT2D eigenvalue weighted by Crippen LogP contribution is 2.32. The van der Waals surface area contributed by atoms with Crippen molar-refractivity contribution in [3.05, 3.63) is 52.0 Å². The smallest absolute Gasteiger partial charge is 0.359 e. The van der Waals surface area contributed by atoms with Gasteiger partial charge in [-0.15, -0.1) is 0 Å². The zero-order valence-corrected chi connectivity index (χ0v) is 19.1. The summed E-state index contributed by atoms with van der Waals surface area (Å²) in [6, 6.07) is 7.69. The van der Waals surface area contributed by atoms with E-state index in [2.05, 4.69) is 26.2 Å². The molecule has 31 heavy (non-hydrogen) atoms. The topological polar surface area (TPSA) is 93.5 Å². The van der Waals surface area contributed by atoms with Gasteiger partial charge in [-0.1, -0.05) is 47.0 Å². The molecule has 1 aliphatic carbocycles. The van der Waals surface area contributed by atoms with Crippen LogP contribution in [-0.2, 0) is 22.6 Å². The minimum absolute atomic E-state index is 0.0390. The summed E-state index contributed by atoms with van der Waals surface area (Å²) in [5, 5.41) is 3.14. The van der Waals surface area contributed by atoms with E-state index in [1.165, 1.54) is 13.4 Å². The van der Waals surface area contributed by atoms with Gasteiger partial charge in [0.1, 0.15) is 11.2 Å². The number of halogens is 1. The molecule has 0 unspecified atom stereocenters. The first-order valence-corrected chi connectivity index (χ1v) is 11.1. The molecule has 1 atom stereocenters. The van der Waals surface area contributed by atoms with Crippen LogP contribution in [0.1, 0.15) is 59.1 Å². The molecule has 9 heteroatoms. The van der Waals surface area contributed by atoms with Crippen molar-refractivity contribution in [3.63, 3.8) is 0 Å². The highest BCUT2D eigenvalue weighted by molar-refractivity contribution is 9.10. The Hall–Kier alpha value is -2.68. The minimum Gasteiger partial charge on any atom is -0.464 e. The normalized spacial score (nSPS) is 21.1. The summed E-state index contributed by atoms with van der Waals surface area (Å²) in [5.41, 5.74) is -0.174. The molecule has 8 nitrogen and oxygen atoms in total. The number of hydrogen-bond acceptors (Lipinski definition) is 5. The van der Waals surface area contributed by atoms with Crippen molar-refractivity contribution in [1.29, 1.82) is 0 Å². The Labute approximate surface area is 189 Å². The van der Waals surface area contributed by atoms with Crippen molar-refractivity contribution in [2.75, 3.05) is 7.11 Å². The van der Waals surface area contributed by atoms with Crippen LogP contribution in [-0.4, -0.2) is 50.9 Å². The van der Waals surface area contributed by atoms with Crippen LogP contribution >= 0.6 is 15.9 Å². The zero-order valence-electron chi connectivity index (χ0n) is 17.6. The molecule has 0 saturated heterocycles. The predicted octanol–water partition coefficient (Wildman–Crippen LogP) is 2.91. The Morgan fingerprint density at radius 1 is 1.29 bits per heavy atom. The molecule has 1 aromatic carbocycles. The Bertz CT molecular complexity index is 1030. The van der Waals surface area contributed by atoms with Gasteiger partial charge in [0.05, 0.1) is 20.0 Å². The second kappa shape index (κ2) is 8.45. The lowest BCUT2D eigenvalue weighted by Crippen LogP contribution is -2.64. The maximum absolute atomic E-state index is 13.7. The Balaban J connectivity index is 1.75. The number of esters is 1. The molecular formula is C22H25BrN4O4. The average Bonchev–Trinajstić information content (AvgIpc) is 3.41. The van der Waals surface area contributed by atoms with Crippen LogP contribution in [0.5, 0.6) is 0 Å². The largest absolute Gasteiger partial charge is 0.464 e. The van der Waals surface area contributed by atoms with E-state index in [-0.39, 0.29) is 36.4 Å². The Kier molecular flexibility index (Phi) is 5.88. The number of aromatic nitrogens is 2. The van der Waals surface area contributed by atoms with Gasteiger partial charge in [-0.25, -0.2) is 9.78 Å². The van der Waals surface area contributed by atoms with E-state index in [1.807, 2.05) is 24.3 Å². The lowest BCUT2D eigenvalue weighted by molar-refractivity contribution is -0.134. The van der Waals surface area contributed by atoms with E-state index in [0.717, 1.165) is 35.7 Å². The molecule has 1 aromatic heterocycles. The number of carbonyl (C=O) groups excluding carboxylic acids is 3. The number of rotatable bonds is 5. The minimum atomic E-state index is -1.14. The van der Waals surface area contributed by atoms with Crippen molar-refractivity contribution < 1.29 is 19.1 Å². The molecule has 0 radical (unpaired) electrons. The molecule has 1 N–H and O–H groups in total. The number of imidazole rings is 1. The van der Waals surface area contributed by atoms with Crippen LogP contribution in [0, 0.1) is 0 Å². The van der Waals surface area contributed by atoms with Gasteiger partial charge >= 0.3 is 5.97 Å². The number of nitrogens with zero attached hydrogens (tertiary/aromatic N) is 3. The number of hydrogen-bond donors (Lipinski definition) is 1. The van der Waals surface area contributed by atoms with E-state index >= 15 is 0 Å². The molecule has 4 rings (SSSR count). The summed E-state index contributed by atoms with van der Waals surface area (Å²) < 4.78 is 7.22. The fourth-order valence-electron chi connectivity index (χ4n) is 4.39. The van der Waals surface area contributed by atoms with Gasteiger partial charge in [0.25, 0.3) is 5.91 Å². The van der Waals surface area contributed by atoms with Crippen LogP contribution in [0.25, 0.3) is 0 Å². The molecule has 0 spiro atoms. The van der Waals surface area contributed by atoms with E-state index in [9.17, 15) is 14.4 Å². The number of fused-ring (bicyclic) bond motifs is 1. The first-order chi connectivity index (χ1) is 14.8. The van der Waals surface area contributed by atoms with E-state index < -0.39 is 17.4 Å². The first-order valence-electron chi connectivity index (χ1n) is 10.3. The molecule has 2 amide bonds. The number of carbonyl (C=O) groups is 3. The molecule has 1 aliphatic heterocycles. The Morgan fingerprint density at radius 3 is 2.68 bits per heavy atom. The lowest BCUT2D eigenvalue weighted by Gasteiger charge is -2.44. The van der Waals surface area contributed by atoms with Crippen LogP contribution in [0.3, 0.4) is 0 Å².